The van der Waals surface area contributed by atoms with E-state index >= 15 is 0 Å². The minimum Gasteiger partial charge on any atom is -0.497 e. The van der Waals surface area contributed by atoms with Crippen molar-refractivity contribution in [3.63, 3.8) is 0 Å². The molecule has 2 rings (SSSR count). The van der Waals surface area contributed by atoms with Crippen LogP contribution in [0.25, 0.3) is 0 Å². The lowest BCUT2D eigenvalue weighted by atomic mass is 10.1. The fourth-order valence-electron chi connectivity index (χ4n) is 2.76. The van der Waals surface area contributed by atoms with Gasteiger partial charge in [-0.2, -0.15) is 0 Å². The normalized spacial score (nSPS) is 11.3. The van der Waals surface area contributed by atoms with Crippen LogP contribution >= 0.6 is 0 Å². The van der Waals surface area contributed by atoms with Gasteiger partial charge in [-0.05, 0) is 55.7 Å². The van der Waals surface area contributed by atoms with Crippen LogP contribution in [-0.2, 0) is 21.2 Å². The van der Waals surface area contributed by atoms with E-state index in [0.717, 1.165) is 11.3 Å². The van der Waals surface area contributed by atoms with Gasteiger partial charge in [0.05, 0.1) is 17.6 Å². The molecule has 0 radical (unpaired) electrons. The third kappa shape index (κ3) is 7.01. The third-order valence-electron chi connectivity index (χ3n) is 4.38. The second-order valence-electron chi connectivity index (χ2n) is 6.49. The van der Waals surface area contributed by atoms with Crippen LogP contribution in [0.15, 0.2) is 47.4 Å². The fourth-order valence-corrected chi connectivity index (χ4v) is 3.86. The van der Waals surface area contributed by atoms with Gasteiger partial charge in [-0.15, -0.1) is 0 Å². The van der Waals surface area contributed by atoms with Gasteiger partial charge in [-0.1, -0.05) is 12.1 Å². The minimum absolute atomic E-state index is 0.0861. The second kappa shape index (κ2) is 11.5. The maximum Gasteiger partial charge on any atom is 0.337 e. The number of ether oxygens (including phenoxy) is 2. The van der Waals surface area contributed by atoms with Gasteiger partial charge in [0.25, 0.3) is 0 Å². The molecule has 2 aromatic rings. The van der Waals surface area contributed by atoms with E-state index < -0.39 is 16.0 Å². The van der Waals surface area contributed by atoms with E-state index in [1.807, 2.05) is 31.2 Å². The first-order valence-electron chi connectivity index (χ1n) is 9.69. The number of carbonyl (C=O) groups is 1. The smallest absolute Gasteiger partial charge is 0.337 e. The molecule has 164 valence electrons. The molecule has 0 amide bonds. The third-order valence-corrected chi connectivity index (χ3v) is 5.84. The predicted octanol–water partition coefficient (Wildman–Crippen LogP) is 2.75. The summed E-state index contributed by atoms with van der Waals surface area (Å²) in [5, 5.41) is 12.6. The summed E-state index contributed by atoms with van der Waals surface area (Å²) in [5.74, 6) is -0.432. The van der Waals surface area contributed by atoms with Gasteiger partial charge in [-0.3, -0.25) is 0 Å². The molecule has 0 aromatic heterocycles. The van der Waals surface area contributed by atoms with Crippen LogP contribution in [0.4, 0.5) is 5.69 Å². The van der Waals surface area contributed by atoms with Crippen molar-refractivity contribution in [1.29, 1.82) is 0 Å². The van der Waals surface area contributed by atoms with Gasteiger partial charge in [0.1, 0.15) is 5.75 Å². The summed E-state index contributed by atoms with van der Waals surface area (Å²) in [7, 11) is -2.20. The Bertz CT molecular complexity index is 929. The fraction of sp³-hybridized carbons (Fsp3) is 0.381. The van der Waals surface area contributed by atoms with Crippen LogP contribution in [0.3, 0.4) is 0 Å². The van der Waals surface area contributed by atoms with Crippen molar-refractivity contribution in [3.8, 4) is 5.75 Å². The number of carboxylic acid groups (broad SMARTS) is 1. The van der Waals surface area contributed by atoms with E-state index in [9.17, 15) is 18.3 Å². The van der Waals surface area contributed by atoms with Crippen LogP contribution in [0.1, 0.15) is 29.3 Å². The molecule has 9 heteroatoms. The van der Waals surface area contributed by atoms with Crippen molar-refractivity contribution < 1.29 is 27.8 Å². The standard InChI is InChI=1S/C21H28N2O6S/c1-3-29-14-4-12-23-30(26,27)18-9-10-20(19(15-18)21(24)25)22-13-11-16-5-7-17(28-2)8-6-16/h5-10,15,22-23H,3-4,11-14H2,1-2H3,(H,24,25). The Labute approximate surface area is 177 Å². The molecular weight excluding hydrogens is 408 g/mol. The Hall–Kier alpha value is -2.62. The van der Waals surface area contributed by atoms with E-state index in [0.29, 0.717) is 38.3 Å². The quantitative estimate of drug-likeness (QED) is 0.414. The monoisotopic (exact) mass is 436 g/mol. The lowest BCUT2D eigenvalue weighted by Gasteiger charge is -2.12. The van der Waals surface area contributed by atoms with Crippen molar-refractivity contribution >= 4 is 21.7 Å². The first kappa shape index (κ1) is 23.7. The molecule has 0 aliphatic carbocycles. The van der Waals surface area contributed by atoms with Gasteiger partial charge in [-0.25, -0.2) is 17.9 Å². The van der Waals surface area contributed by atoms with E-state index in [1.165, 1.54) is 18.2 Å². The van der Waals surface area contributed by atoms with Crippen LogP contribution in [0, 0.1) is 0 Å². The van der Waals surface area contributed by atoms with Gasteiger partial charge in [0.2, 0.25) is 10.0 Å². The molecule has 8 nitrogen and oxygen atoms in total. The number of nitrogens with one attached hydrogen (secondary N) is 2. The highest BCUT2D eigenvalue weighted by Gasteiger charge is 2.18. The SMILES string of the molecule is CCOCCCNS(=O)(=O)c1ccc(NCCc2ccc(OC)cc2)c(C(=O)O)c1. The van der Waals surface area contributed by atoms with E-state index in [2.05, 4.69) is 10.0 Å². The average molecular weight is 437 g/mol. The summed E-state index contributed by atoms with van der Waals surface area (Å²) in [5.41, 5.74) is 1.34. The highest BCUT2D eigenvalue weighted by atomic mass is 32.2. The number of hydrogen-bond donors (Lipinski definition) is 3. The van der Waals surface area contributed by atoms with E-state index in [-0.39, 0.29) is 17.0 Å². The Balaban J connectivity index is 2.02. The summed E-state index contributed by atoms with van der Waals surface area (Å²) in [4.78, 5) is 11.6. The van der Waals surface area contributed by atoms with E-state index in [4.69, 9.17) is 9.47 Å². The Morgan fingerprint density at radius 3 is 2.47 bits per heavy atom. The molecule has 0 aliphatic rings. The first-order chi connectivity index (χ1) is 14.4. The Morgan fingerprint density at radius 1 is 1.10 bits per heavy atom. The molecule has 0 saturated carbocycles. The van der Waals surface area contributed by atoms with Gasteiger partial charge in [0, 0.05) is 32.0 Å². The second-order valence-corrected chi connectivity index (χ2v) is 8.25. The number of carboxylic acids is 1. The molecule has 0 spiro atoms. The largest absolute Gasteiger partial charge is 0.497 e. The van der Waals surface area contributed by atoms with Crippen molar-refractivity contribution in [2.75, 3.05) is 38.7 Å². The van der Waals surface area contributed by atoms with Crippen LogP contribution in [0.2, 0.25) is 0 Å². The van der Waals surface area contributed by atoms with Crippen LogP contribution in [0.5, 0.6) is 5.75 Å². The minimum atomic E-state index is -3.80. The number of anilines is 1. The predicted molar refractivity (Wildman–Crippen MR) is 115 cm³/mol. The van der Waals surface area contributed by atoms with E-state index in [1.54, 1.807) is 7.11 Å². The highest BCUT2D eigenvalue weighted by Crippen LogP contribution is 2.21. The van der Waals surface area contributed by atoms with Gasteiger partial charge >= 0.3 is 5.97 Å². The number of rotatable bonds is 13. The van der Waals surface area contributed by atoms with Crippen LogP contribution in [-0.4, -0.2) is 52.9 Å². The van der Waals surface area contributed by atoms with Crippen LogP contribution < -0.4 is 14.8 Å². The van der Waals surface area contributed by atoms with Gasteiger partial charge < -0.3 is 19.9 Å². The number of aromatic carboxylic acids is 1. The molecule has 2 aromatic carbocycles. The zero-order chi connectivity index (χ0) is 22.0. The molecule has 0 heterocycles. The number of benzene rings is 2. The Kier molecular flexibility index (Phi) is 9.10. The van der Waals surface area contributed by atoms with Crippen molar-refractivity contribution in [1.82, 2.24) is 4.72 Å². The maximum atomic E-state index is 12.4. The summed E-state index contributed by atoms with van der Waals surface area (Å²) in [6.45, 7) is 3.60. The zero-order valence-electron chi connectivity index (χ0n) is 17.2. The summed E-state index contributed by atoms with van der Waals surface area (Å²) < 4.78 is 37.6. The summed E-state index contributed by atoms with van der Waals surface area (Å²) in [6.07, 6.45) is 1.20. The number of methoxy groups -OCH3 is 1. The lowest BCUT2D eigenvalue weighted by Crippen LogP contribution is -2.26. The summed E-state index contributed by atoms with van der Waals surface area (Å²) in [6, 6.07) is 11.6. The number of hydrogen-bond acceptors (Lipinski definition) is 6. The molecule has 0 bridgehead atoms. The maximum absolute atomic E-state index is 12.4. The average Bonchev–Trinajstić information content (AvgIpc) is 2.74. The highest BCUT2D eigenvalue weighted by molar-refractivity contribution is 7.89. The molecule has 0 unspecified atom stereocenters. The lowest BCUT2D eigenvalue weighted by molar-refractivity contribution is 0.0697. The van der Waals surface area contributed by atoms with Crippen molar-refractivity contribution in [3.05, 3.63) is 53.6 Å². The first-order valence-corrected chi connectivity index (χ1v) is 11.2. The topological polar surface area (TPSA) is 114 Å². The Morgan fingerprint density at radius 2 is 1.83 bits per heavy atom. The summed E-state index contributed by atoms with van der Waals surface area (Å²) >= 11 is 0. The number of sulfonamides is 1. The molecule has 0 saturated heterocycles. The molecule has 0 fully saturated rings. The zero-order valence-corrected chi connectivity index (χ0v) is 18.0. The molecule has 0 atom stereocenters. The molecule has 3 N–H and O–H groups in total. The molecule has 30 heavy (non-hydrogen) atoms. The van der Waals surface area contributed by atoms with Crippen molar-refractivity contribution in [2.24, 2.45) is 0 Å². The van der Waals surface area contributed by atoms with Gasteiger partial charge in [0.15, 0.2) is 0 Å². The van der Waals surface area contributed by atoms with Crippen molar-refractivity contribution in [2.45, 2.75) is 24.7 Å². The molecule has 0 aliphatic heterocycles. The molecular formula is C21H28N2O6S.